The van der Waals surface area contributed by atoms with Gasteiger partial charge in [0, 0.05) is 18.7 Å². The summed E-state index contributed by atoms with van der Waals surface area (Å²) >= 11 is 0. The fourth-order valence-electron chi connectivity index (χ4n) is 2.33. The molecule has 0 saturated heterocycles. The number of rotatable bonds is 8. The van der Waals surface area contributed by atoms with Crippen LogP contribution >= 0.6 is 0 Å². The third kappa shape index (κ3) is 5.25. The number of para-hydroxylation sites is 1. The maximum Gasteiger partial charge on any atom is 0.120 e. The number of phenolic OH excluding ortho intramolecular Hbond substituents is 1. The molecule has 0 aliphatic carbocycles. The van der Waals surface area contributed by atoms with Gasteiger partial charge in [0.05, 0.1) is 12.8 Å². The molecule has 114 valence electrons. The second kappa shape index (κ2) is 7.86. The summed E-state index contributed by atoms with van der Waals surface area (Å²) in [5.74, 6) is 1.31. The Bertz CT molecular complexity index is 523. The summed E-state index contributed by atoms with van der Waals surface area (Å²) in [7, 11) is 4.17. The largest absolute Gasteiger partial charge is 0.508 e. The number of hydrogen-bond acceptors (Lipinski definition) is 4. The molecule has 0 saturated carbocycles. The normalized spacial score (nSPS) is 11.4. The van der Waals surface area contributed by atoms with Crippen molar-refractivity contribution in [2.24, 2.45) is 0 Å². The van der Waals surface area contributed by atoms with Crippen LogP contribution < -0.4 is 0 Å². The van der Waals surface area contributed by atoms with Gasteiger partial charge in [-0.2, -0.15) is 0 Å². The summed E-state index contributed by atoms with van der Waals surface area (Å²) in [6.45, 7) is 3.50. The van der Waals surface area contributed by atoms with Gasteiger partial charge in [-0.1, -0.05) is 18.2 Å². The van der Waals surface area contributed by atoms with Gasteiger partial charge in [-0.05, 0) is 45.3 Å². The summed E-state index contributed by atoms with van der Waals surface area (Å²) in [4.78, 5) is 4.49. The van der Waals surface area contributed by atoms with E-state index in [0.717, 1.165) is 43.9 Å². The van der Waals surface area contributed by atoms with E-state index in [2.05, 4.69) is 23.9 Å². The average molecular weight is 288 g/mol. The van der Waals surface area contributed by atoms with Crippen molar-refractivity contribution in [1.82, 2.24) is 9.80 Å². The monoisotopic (exact) mass is 288 g/mol. The van der Waals surface area contributed by atoms with E-state index in [-0.39, 0.29) is 0 Å². The van der Waals surface area contributed by atoms with Crippen LogP contribution in [0.3, 0.4) is 0 Å². The maximum atomic E-state index is 9.94. The summed E-state index contributed by atoms with van der Waals surface area (Å²) in [5.41, 5.74) is 0.953. The second-order valence-corrected chi connectivity index (χ2v) is 5.58. The van der Waals surface area contributed by atoms with Crippen molar-refractivity contribution in [1.29, 1.82) is 0 Å². The van der Waals surface area contributed by atoms with Crippen molar-refractivity contribution in [3.63, 3.8) is 0 Å². The lowest BCUT2D eigenvalue weighted by molar-refractivity contribution is 0.220. The molecule has 2 aromatic rings. The third-order valence-electron chi connectivity index (χ3n) is 3.42. The molecule has 0 aliphatic rings. The Hall–Kier alpha value is -1.78. The molecule has 0 atom stereocenters. The molecule has 1 aromatic heterocycles. The molecular formula is C17H24N2O2. The number of aromatic hydroxyl groups is 1. The summed E-state index contributed by atoms with van der Waals surface area (Å²) in [5, 5.41) is 9.94. The summed E-state index contributed by atoms with van der Waals surface area (Å²) in [6.07, 6.45) is 2.79. The van der Waals surface area contributed by atoms with Crippen molar-refractivity contribution in [2.75, 3.05) is 27.2 Å². The maximum absolute atomic E-state index is 9.94. The molecule has 0 spiro atoms. The van der Waals surface area contributed by atoms with E-state index in [1.165, 1.54) is 0 Å². The highest BCUT2D eigenvalue weighted by Crippen LogP contribution is 2.19. The molecule has 0 fully saturated rings. The third-order valence-corrected chi connectivity index (χ3v) is 3.42. The van der Waals surface area contributed by atoms with Crippen LogP contribution in [-0.4, -0.2) is 42.1 Å². The first-order valence-corrected chi connectivity index (χ1v) is 7.31. The predicted octanol–water partition coefficient (Wildman–Crippen LogP) is 2.94. The van der Waals surface area contributed by atoms with Gasteiger partial charge >= 0.3 is 0 Å². The number of furan rings is 1. The Morgan fingerprint density at radius 1 is 1.00 bits per heavy atom. The predicted molar refractivity (Wildman–Crippen MR) is 84.1 cm³/mol. The first-order chi connectivity index (χ1) is 10.1. The fraction of sp³-hybridized carbons (Fsp3) is 0.412. The minimum absolute atomic E-state index is 0.356. The van der Waals surface area contributed by atoms with Crippen LogP contribution in [0.5, 0.6) is 5.75 Å². The van der Waals surface area contributed by atoms with Gasteiger partial charge in [0.1, 0.15) is 11.5 Å². The molecule has 0 bridgehead atoms. The van der Waals surface area contributed by atoms with Crippen LogP contribution in [-0.2, 0) is 13.1 Å². The van der Waals surface area contributed by atoms with Gasteiger partial charge in [-0.25, -0.2) is 0 Å². The minimum Gasteiger partial charge on any atom is -0.508 e. The number of nitrogens with zero attached hydrogens (tertiary/aromatic N) is 2. The van der Waals surface area contributed by atoms with E-state index in [4.69, 9.17) is 4.42 Å². The van der Waals surface area contributed by atoms with Crippen LogP contribution in [0.15, 0.2) is 47.1 Å². The van der Waals surface area contributed by atoms with Crippen molar-refractivity contribution < 1.29 is 9.52 Å². The van der Waals surface area contributed by atoms with E-state index >= 15 is 0 Å². The smallest absolute Gasteiger partial charge is 0.120 e. The number of benzene rings is 1. The van der Waals surface area contributed by atoms with Crippen LogP contribution in [0.2, 0.25) is 0 Å². The van der Waals surface area contributed by atoms with E-state index < -0.39 is 0 Å². The van der Waals surface area contributed by atoms with Gasteiger partial charge in [-0.3, -0.25) is 4.90 Å². The Labute approximate surface area is 126 Å². The molecule has 4 heteroatoms. The molecule has 1 aromatic carbocycles. The molecule has 0 unspecified atom stereocenters. The molecule has 0 amide bonds. The highest BCUT2D eigenvalue weighted by Gasteiger charge is 2.11. The van der Waals surface area contributed by atoms with E-state index in [0.29, 0.717) is 5.75 Å². The van der Waals surface area contributed by atoms with Crippen molar-refractivity contribution in [2.45, 2.75) is 19.5 Å². The van der Waals surface area contributed by atoms with Crippen LogP contribution in [0, 0.1) is 0 Å². The molecule has 1 N–H and O–H groups in total. The summed E-state index contributed by atoms with van der Waals surface area (Å²) < 4.78 is 5.44. The van der Waals surface area contributed by atoms with Gasteiger partial charge in [-0.15, -0.1) is 0 Å². The van der Waals surface area contributed by atoms with E-state index in [9.17, 15) is 5.11 Å². The zero-order valence-electron chi connectivity index (χ0n) is 12.8. The molecule has 2 rings (SSSR count). The fourth-order valence-corrected chi connectivity index (χ4v) is 2.33. The van der Waals surface area contributed by atoms with E-state index in [1.54, 1.807) is 12.3 Å². The zero-order valence-corrected chi connectivity index (χ0v) is 12.8. The average Bonchev–Trinajstić information content (AvgIpc) is 2.93. The van der Waals surface area contributed by atoms with Crippen molar-refractivity contribution >= 4 is 0 Å². The van der Waals surface area contributed by atoms with Crippen LogP contribution in [0.25, 0.3) is 0 Å². The molecule has 0 radical (unpaired) electrons. The topological polar surface area (TPSA) is 39.9 Å². The first-order valence-electron chi connectivity index (χ1n) is 7.31. The van der Waals surface area contributed by atoms with Crippen molar-refractivity contribution in [3.8, 4) is 5.75 Å². The second-order valence-electron chi connectivity index (χ2n) is 5.58. The lowest BCUT2D eigenvalue weighted by Gasteiger charge is -2.22. The molecule has 1 heterocycles. The van der Waals surface area contributed by atoms with Gasteiger partial charge in [0.15, 0.2) is 0 Å². The molecular weight excluding hydrogens is 264 g/mol. The number of hydrogen-bond donors (Lipinski definition) is 1. The van der Waals surface area contributed by atoms with Crippen LogP contribution in [0.4, 0.5) is 0 Å². The molecule has 4 nitrogen and oxygen atoms in total. The van der Waals surface area contributed by atoms with E-state index in [1.807, 2.05) is 30.3 Å². The van der Waals surface area contributed by atoms with Gasteiger partial charge in [0.25, 0.3) is 0 Å². The lowest BCUT2D eigenvalue weighted by atomic mass is 10.2. The van der Waals surface area contributed by atoms with Gasteiger partial charge < -0.3 is 14.4 Å². The summed E-state index contributed by atoms with van der Waals surface area (Å²) in [6, 6.07) is 11.4. The Morgan fingerprint density at radius 3 is 2.48 bits per heavy atom. The standard InChI is InChI=1S/C17H24N2O2/c1-18(2)10-6-11-19(14-16-8-5-12-21-16)13-15-7-3-4-9-17(15)20/h3-5,7-9,12,20H,6,10-11,13-14H2,1-2H3. The Balaban J connectivity index is 1.98. The SMILES string of the molecule is CN(C)CCCN(Cc1ccco1)Cc1ccccc1O. The highest BCUT2D eigenvalue weighted by molar-refractivity contribution is 5.31. The first kappa shape index (κ1) is 15.6. The lowest BCUT2D eigenvalue weighted by Crippen LogP contribution is -2.26. The van der Waals surface area contributed by atoms with Crippen LogP contribution in [0.1, 0.15) is 17.7 Å². The Morgan fingerprint density at radius 2 is 1.81 bits per heavy atom. The van der Waals surface area contributed by atoms with Crippen molar-refractivity contribution in [3.05, 3.63) is 54.0 Å². The molecule has 0 aliphatic heterocycles. The number of phenols is 1. The van der Waals surface area contributed by atoms with Gasteiger partial charge in [0.2, 0.25) is 0 Å². The minimum atomic E-state index is 0.356. The molecule has 21 heavy (non-hydrogen) atoms. The zero-order chi connectivity index (χ0) is 15.1. The quantitative estimate of drug-likeness (QED) is 0.810. The Kier molecular flexibility index (Phi) is 5.84. The highest BCUT2D eigenvalue weighted by atomic mass is 16.3.